The fourth-order valence-electron chi connectivity index (χ4n) is 3.19. The van der Waals surface area contributed by atoms with Gasteiger partial charge in [-0.15, -0.1) is 0 Å². The summed E-state index contributed by atoms with van der Waals surface area (Å²) in [7, 11) is -3.29. The second-order valence-electron chi connectivity index (χ2n) is 7.60. The van der Waals surface area contributed by atoms with E-state index in [-0.39, 0.29) is 22.5 Å². The zero-order valence-electron chi connectivity index (χ0n) is 16.9. The third-order valence-electron chi connectivity index (χ3n) is 4.93. The first kappa shape index (κ1) is 20.0. The summed E-state index contributed by atoms with van der Waals surface area (Å²) >= 11 is 0. The first-order chi connectivity index (χ1) is 15.3. The van der Waals surface area contributed by atoms with Gasteiger partial charge < -0.3 is 15.4 Å². The molecule has 1 aliphatic carbocycles. The van der Waals surface area contributed by atoms with Crippen LogP contribution in [0.25, 0.3) is 11.7 Å². The Hall–Kier alpha value is -3.93. The second kappa shape index (κ2) is 7.34. The van der Waals surface area contributed by atoms with Crippen molar-refractivity contribution in [3.63, 3.8) is 0 Å². The van der Waals surface area contributed by atoms with Crippen molar-refractivity contribution in [1.82, 2.24) is 24.6 Å². The topological polar surface area (TPSA) is 158 Å². The molecule has 5 rings (SSSR count). The van der Waals surface area contributed by atoms with Gasteiger partial charge in [0.1, 0.15) is 11.5 Å². The van der Waals surface area contributed by atoms with E-state index in [1.54, 1.807) is 35.0 Å². The summed E-state index contributed by atoms with van der Waals surface area (Å²) in [6, 6.07) is 8.37. The number of hydrogen-bond acceptors (Lipinski definition) is 8. The van der Waals surface area contributed by atoms with Crippen molar-refractivity contribution in [2.45, 2.75) is 23.8 Å². The van der Waals surface area contributed by atoms with E-state index in [1.165, 1.54) is 12.1 Å². The van der Waals surface area contributed by atoms with Crippen molar-refractivity contribution in [2.24, 2.45) is 4.99 Å². The van der Waals surface area contributed by atoms with Crippen LogP contribution in [0.3, 0.4) is 0 Å². The molecule has 1 saturated carbocycles. The number of rotatable bonds is 5. The molecule has 1 fully saturated rings. The van der Waals surface area contributed by atoms with Crippen molar-refractivity contribution in [3.8, 4) is 5.88 Å². The van der Waals surface area contributed by atoms with Gasteiger partial charge in [0.15, 0.2) is 21.0 Å². The maximum Gasteiger partial charge on any atom is 0.326 e. The number of anilines is 2. The summed E-state index contributed by atoms with van der Waals surface area (Å²) in [4.78, 5) is 25.8. The lowest BCUT2D eigenvalue weighted by molar-refractivity contribution is 0.454. The van der Waals surface area contributed by atoms with Gasteiger partial charge in [-0.25, -0.2) is 18.2 Å². The van der Waals surface area contributed by atoms with Gasteiger partial charge in [0.05, 0.1) is 17.1 Å². The number of aromatic nitrogens is 5. The van der Waals surface area contributed by atoms with Crippen LogP contribution >= 0.6 is 0 Å². The summed E-state index contributed by atoms with van der Waals surface area (Å²) in [5, 5.41) is 18.0. The average Bonchev–Trinajstić information content (AvgIpc) is 3.36. The van der Waals surface area contributed by atoms with Gasteiger partial charge in [0, 0.05) is 23.2 Å². The SMILES string of the molecule is CS(=O)(=O)c1ccc(Nc2cc(=NC3CC3)n3ncc(=Cc4[nH]c(=O)[nH]c4O)c3n2)cc1. The normalized spacial score (nSPS) is 15.5. The van der Waals surface area contributed by atoms with E-state index in [1.807, 2.05) is 0 Å². The molecular weight excluding hydrogens is 434 g/mol. The van der Waals surface area contributed by atoms with Crippen LogP contribution in [0.1, 0.15) is 18.5 Å². The standard InChI is InChI=1S/C20H19N7O4S/c1-32(30,31)14-6-4-12(5-7-14)22-16-9-17(23-13-2-3-13)27-18(25-16)11(10-21-27)8-15-19(28)26-20(29)24-15/h4-10,13,22,28H,2-3H2,1H3,(H2,24,26,29). The number of sulfone groups is 1. The zero-order valence-corrected chi connectivity index (χ0v) is 17.7. The highest BCUT2D eigenvalue weighted by Gasteiger charge is 2.20. The highest BCUT2D eigenvalue weighted by molar-refractivity contribution is 7.90. The Labute approximate surface area is 181 Å². The van der Waals surface area contributed by atoms with Crippen molar-refractivity contribution >= 4 is 33.1 Å². The van der Waals surface area contributed by atoms with Crippen LogP contribution in [-0.4, -0.2) is 50.4 Å². The number of nitrogens with one attached hydrogen (secondary N) is 3. The summed E-state index contributed by atoms with van der Waals surface area (Å²) in [5.41, 5.74) is 1.43. The summed E-state index contributed by atoms with van der Waals surface area (Å²) in [5.74, 6) is 0.212. The molecule has 4 aromatic rings. The average molecular weight is 453 g/mol. The minimum atomic E-state index is -3.29. The van der Waals surface area contributed by atoms with Crippen LogP contribution in [0.2, 0.25) is 0 Å². The van der Waals surface area contributed by atoms with E-state index in [2.05, 4.69) is 25.4 Å². The molecule has 0 radical (unpaired) electrons. The van der Waals surface area contributed by atoms with E-state index < -0.39 is 15.5 Å². The van der Waals surface area contributed by atoms with E-state index >= 15 is 0 Å². The Morgan fingerprint density at radius 2 is 2.00 bits per heavy atom. The monoisotopic (exact) mass is 453 g/mol. The molecule has 12 heteroatoms. The lowest BCUT2D eigenvalue weighted by atomic mass is 10.3. The quantitative estimate of drug-likeness (QED) is 0.336. The maximum absolute atomic E-state index is 11.7. The van der Waals surface area contributed by atoms with Gasteiger partial charge >= 0.3 is 5.69 Å². The lowest BCUT2D eigenvalue weighted by Crippen LogP contribution is -2.19. The Balaban J connectivity index is 1.62. The van der Waals surface area contributed by atoms with Gasteiger partial charge in [-0.1, -0.05) is 0 Å². The number of hydrogen-bond donors (Lipinski definition) is 4. The van der Waals surface area contributed by atoms with E-state index in [0.29, 0.717) is 27.9 Å². The van der Waals surface area contributed by atoms with Gasteiger partial charge in [-0.3, -0.25) is 9.98 Å². The van der Waals surface area contributed by atoms with Crippen LogP contribution in [0.4, 0.5) is 11.5 Å². The number of H-pyrrole nitrogens is 2. The van der Waals surface area contributed by atoms with Crippen molar-refractivity contribution in [3.05, 3.63) is 63.4 Å². The third-order valence-corrected chi connectivity index (χ3v) is 6.06. The minimum absolute atomic E-state index is 0.210. The first-order valence-corrected chi connectivity index (χ1v) is 11.7. The zero-order chi connectivity index (χ0) is 22.5. The highest BCUT2D eigenvalue weighted by atomic mass is 32.2. The van der Waals surface area contributed by atoms with Crippen LogP contribution in [0.15, 0.2) is 51.2 Å². The number of imidazole rings is 1. The fraction of sp³-hybridized carbons (Fsp3) is 0.200. The summed E-state index contributed by atoms with van der Waals surface area (Å²) in [6.07, 6.45) is 6.32. The Morgan fingerprint density at radius 1 is 1.25 bits per heavy atom. The molecule has 11 nitrogen and oxygen atoms in total. The predicted molar refractivity (Wildman–Crippen MR) is 116 cm³/mol. The number of fused-ring (bicyclic) bond motifs is 1. The number of nitrogens with zero attached hydrogens (tertiary/aromatic N) is 4. The number of aromatic amines is 2. The molecule has 3 aromatic heterocycles. The van der Waals surface area contributed by atoms with Gasteiger partial charge in [0.2, 0.25) is 5.88 Å². The van der Waals surface area contributed by atoms with Crippen molar-refractivity contribution in [1.29, 1.82) is 0 Å². The molecular formula is C20H19N7O4S. The number of aromatic hydroxyl groups is 1. The predicted octanol–water partition coefficient (Wildman–Crippen LogP) is 0.209. The van der Waals surface area contributed by atoms with Crippen molar-refractivity contribution in [2.75, 3.05) is 11.6 Å². The fourth-order valence-corrected chi connectivity index (χ4v) is 3.82. The van der Waals surface area contributed by atoms with E-state index in [0.717, 1.165) is 19.1 Å². The molecule has 1 aliphatic rings. The molecule has 32 heavy (non-hydrogen) atoms. The van der Waals surface area contributed by atoms with Gasteiger partial charge in [0.25, 0.3) is 0 Å². The van der Waals surface area contributed by atoms with Crippen molar-refractivity contribution < 1.29 is 13.5 Å². The molecule has 0 bridgehead atoms. The molecule has 3 heterocycles. The third kappa shape index (κ3) is 3.99. The molecule has 0 atom stereocenters. The minimum Gasteiger partial charge on any atom is -0.493 e. The molecule has 0 unspecified atom stereocenters. The van der Waals surface area contributed by atoms with Crippen LogP contribution in [0.5, 0.6) is 5.88 Å². The first-order valence-electron chi connectivity index (χ1n) is 9.79. The van der Waals surface area contributed by atoms with E-state index in [9.17, 15) is 18.3 Å². The largest absolute Gasteiger partial charge is 0.493 e. The van der Waals surface area contributed by atoms with Crippen LogP contribution in [-0.2, 0) is 9.84 Å². The van der Waals surface area contributed by atoms with Crippen LogP contribution in [0, 0.1) is 0 Å². The Morgan fingerprint density at radius 3 is 2.62 bits per heavy atom. The molecule has 0 spiro atoms. The summed E-state index contributed by atoms with van der Waals surface area (Å²) in [6.45, 7) is 0. The Kier molecular flexibility index (Phi) is 4.59. The summed E-state index contributed by atoms with van der Waals surface area (Å²) < 4.78 is 25.0. The second-order valence-corrected chi connectivity index (χ2v) is 9.62. The number of benzene rings is 1. The maximum atomic E-state index is 11.7. The molecule has 0 amide bonds. The lowest BCUT2D eigenvalue weighted by Gasteiger charge is -2.07. The molecule has 0 saturated heterocycles. The molecule has 0 aliphatic heterocycles. The van der Waals surface area contributed by atoms with E-state index in [4.69, 9.17) is 4.99 Å². The smallest absolute Gasteiger partial charge is 0.326 e. The van der Waals surface area contributed by atoms with Gasteiger partial charge in [-0.2, -0.15) is 9.61 Å². The molecule has 1 aromatic carbocycles. The molecule has 4 N–H and O–H groups in total. The van der Waals surface area contributed by atoms with Crippen LogP contribution < -0.4 is 21.7 Å². The Bertz CT molecular complexity index is 1610. The highest BCUT2D eigenvalue weighted by Crippen LogP contribution is 2.23. The molecule has 164 valence electrons. The van der Waals surface area contributed by atoms with Gasteiger partial charge in [-0.05, 0) is 43.2 Å².